The van der Waals surface area contributed by atoms with Crippen LogP contribution in [-0.4, -0.2) is 35.0 Å². The number of anilines is 1. The predicted molar refractivity (Wildman–Crippen MR) is 117 cm³/mol. The molecular weight excluding hydrogens is 384 g/mol. The summed E-state index contributed by atoms with van der Waals surface area (Å²) >= 11 is 6.30. The number of halogens is 1. The quantitative estimate of drug-likeness (QED) is 0.674. The van der Waals surface area contributed by atoms with Crippen LogP contribution < -0.4 is 10.2 Å². The van der Waals surface area contributed by atoms with Gasteiger partial charge in [-0.05, 0) is 67.5 Å². The van der Waals surface area contributed by atoms with E-state index in [0.29, 0.717) is 16.6 Å². The van der Waals surface area contributed by atoms with Gasteiger partial charge in [-0.2, -0.15) is 0 Å². The third-order valence-electron chi connectivity index (χ3n) is 5.67. The summed E-state index contributed by atoms with van der Waals surface area (Å²) in [6, 6.07) is 11.9. The summed E-state index contributed by atoms with van der Waals surface area (Å²) in [4.78, 5) is 24.3. The first-order valence-corrected chi connectivity index (χ1v) is 10.7. The van der Waals surface area contributed by atoms with Gasteiger partial charge >= 0.3 is 0 Å². The average molecular weight is 407 g/mol. The number of carbonyl (C=O) groups is 1. The molecule has 3 aromatic rings. The molecule has 0 bridgehead atoms. The van der Waals surface area contributed by atoms with Crippen LogP contribution in [0.25, 0.3) is 22.2 Å². The Hall–Kier alpha value is -2.66. The highest BCUT2D eigenvalue weighted by Crippen LogP contribution is 2.29. The molecule has 0 radical (unpaired) electrons. The molecule has 0 unspecified atom stereocenters. The summed E-state index contributed by atoms with van der Waals surface area (Å²) in [7, 11) is 0. The standard InChI is InChI=1S/C23H23ClN4O/c24-19-8-4-15(12-18(19)23(29)26-17-6-7-17)16-5-9-20-21(13-16)27-22(14-25-20)28-10-2-1-3-11-28/h4-5,8-9,12-14,17H,1-3,6-7,10-11H2,(H,26,29). The van der Waals surface area contributed by atoms with E-state index in [2.05, 4.69) is 15.2 Å². The fraction of sp³-hybridized carbons (Fsp3) is 0.348. The maximum Gasteiger partial charge on any atom is 0.253 e. The molecule has 1 aliphatic heterocycles. The van der Waals surface area contributed by atoms with Crippen molar-refractivity contribution in [2.24, 2.45) is 0 Å². The van der Waals surface area contributed by atoms with Gasteiger partial charge in [0.2, 0.25) is 0 Å². The molecule has 1 saturated heterocycles. The molecule has 1 saturated carbocycles. The lowest BCUT2D eigenvalue weighted by Crippen LogP contribution is -2.30. The Balaban J connectivity index is 1.48. The zero-order chi connectivity index (χ0) is 19.8. The lowest BCUT2D eigenvalue weighted by molar-refractivity contribution is 0.0951. The maximum atomic E-state index is 12.5. The third kappa shape index (κ3) is 3.92. The smallest absolute Gasteiger partial charge is 0.253 e. The van der Waals surface area contributed by atoms with Crippen molar-refractivity contribution in [2.75, 3.05) is 18.0 Å². The highest BCUT2D eigenvalue weighted by atomic mass is 35.5. The van der Waals surface area contributed by atoms with Gasteiger partial charge in [-0.25, -0.2) is 4.98 Å². The molecule has 1 N–H and O–H groups in total. The normalized spacial score (nSPS) is 16.8. The second-order valence-corrected chi connectivity index (χ2v) is 8.33. The van der Waals surface area contributed by atoms with Crippen molar-refractivity contribution in [3.63, 3.8) is 0 Å². The van der Waals surface area contributed by atoms with Crippen LogP contribution in [-0.2, 0) is 0 Å². The van der Waals surface area contributed by atoms with Crippen LogP contribution in [0.1, 0.15) is 42.5 Å². The van der Waals surface area contributed by atoms with Gasteiger partial charge in [0.15, 0.2) is 0 Å². The van der Waals surface area contributed by atoms with E-state index in [0.717, 1.165) is 53.9 Å². The lowest BCUT2D eigenvalue weighted by Gasteiger charge is -2.27. The molecule has 5 nitrogen and oxygen atoms in total. The van der Waals surface area contributed by atoms with Crippen LogP contribution in [0.15, 0.2) is 42.6 Å². The van der Waals surface area contributed by atoms with Crippen LogP contribution in [0.5, 0.6) is 0 Å². The lowest BCUT2D eigenvalue weighted by atomic mass is 10.0. The Labute approximate surface area is 175 Å². The predicted octanol–water partition coefficient (Wildman–Crippen LogP) is 4.83. The number of amides is 1. The number of piperidine rings is 1. The number of fused-ring (bicyclic) bond motifs is 1. The van der Waals surface area contributed by atoms with Crippen LogP contribution in [0.4, 0.5) is 5.82 Å². The van der Waals surface area contributed by atoms with Crippen molar-refractivity contribution in [3.05, 3.63) is 53.2 Å². The second-order valence-electron chi connectivity index (χ2n) is 7.92. The fourth-order valence-corrected chi connectivity index (χ4v) is 4.03. The highest BCUT2D eigenvalue weighted by molar-refractivity contribution is 6.34. The third-order valence-corrected chi connectivity index (χ3v) is 6.00. The van der Waals surface area contributed by atoms with E-state index in [9.17, 15) is 4.79 Å². The summed E-state index contributed by atoms with van der Waals surface area (Å²) in [5.74, 6) is 0.835. The number of benzene rings is 2. The number of hydrogen-bond acceptors (Lipinski definition) is 4. The van der Waals surface area contributed by atoms with Gasteiger partial charge in [0.1, 0.15) is 5.82 Å². The van der Waals surface area contributed by atoms with Gasteiger partial charge in [-0.3, -0.25) is 9.78 Å². The number of hydrogen-bond donors (Lipinski definition) is 1. The average Bonchev–Trinajstić information content (AvgIpc) is 3.58. The molecule has 6 heteroatoms. The van der Waals surface area contributed by atoms with E-state index in [1.54, 1.807) is 6.07 Å². The summed E-state index contributed by atoms with van der Waals surface area (Å²) in [5.41, 5.74) is 4.20. The van der Waals surface area contributed by atoms with E-state index in [4.69, 9.17) is 16.6 Å². The van der Waals surface area contributed by atoms with Crippen LogP contribution in [0.2, 0.25) is 5.02 Å². The first-order chi connectivity index (χ1) is 14.2. The van der Waals surface area contributed by atoms with Gasteiger partial charge < -0.3 is 10.2 Å². The monoisotopic (exact) mass is 406 g/mol. The van der Waals surface area contributed by atoms with E-state index in [1.165, 1.54) is 19.3 Å². The van der Waals surface area contributed by atoms with Gasteiger partial charge in [0.25, 0.3) is 5.91 Å². The largest absolute Gasteiger partial charge is 0.355 e. The van der Waals surface area contributed by atoms with Crippen LogP contribution in [0, 0.1) is 0 Å². The molecule has 1 aromatic heterocycles. The molecule has 0 spiro atoms. The summed E-state index contributed by atoms with van der Waals surface area (Å²) in [5, 5.41) is 3.48. The SMILES string of the molecule is O=C(NC1CC1)c1cc(-c2ccc3ncc(N4CCCCC4)nc3c2)ccc1Cl. The first-order valence-electron chi connectivity index (χ1n) is 10.3. The van der Waals surface area contributed by atoms with Gasteiger partial charge in [0, 0.05) is 19.1 Å². The first kappa shape index (κ1) is 18.4. The summed E-state index contributed by atoms with van der Waals surface area (Å²) in [6.07, 6.45) is 7.66. The molecule has 2 fully saturated rings. The number of aromatic nitrogens is 2. The minimum atomic E-state index is -0.104. The number of nitrogens with one attached hydrogen (secondary N) is 1. The molecular formula is C23H23ClN4O. The minimum Gasteiger partial charge on any atom is -0.355 e. The molecule has 2 heterocycles. The molecule has 2 aliphatic rings. The second kappa shape index (κ2) is 7.64. The van der Waals surface area contributed by atoms with Crippen LogP contribution in [0.3, 0.4) is 0 Å². The Morgan fingerprint density at radius 3 is 2.55 bits per heavy atom. The minimum absolute atomic E-state index is 0.104. The zero-order valence-electron chi connectivity index (χ0n) is 16.2. The summed E-state index contributed by atoms with van der Waals surface area (Å²) in [6.45, 7) is 2.08. The Morgan fingerprint density at radius 1 is 1.00 bits per heavy atom. The maximum absolute atomic E-state index is 12.5. The number of nitrogens with zero attached hydrogens (tertiary/aromatic N) is 3. The summed E-state index contributed by atoms with van der Waals surface area (Å²) < 4.78 is 0. The van der Waals surface area contributed by atoms with E-state index < -0.39 is 0 Å². The van der Waals surface area contributed by atoms with Crippen molar-refractivity contribution in [1.29, 1.82) is 0 Å². The molecule has 1 amide bonds. The zero-order valence-corrected chi connectivity index (χ0v) is 17.0. The van der Waals surface area contributed by atoms with Crippen molar-refractivity contribution in [2.45, 2.75) is 38.1 Å². The van der Waals surface area contributed by atoms with Gasteiger partial charge in [0.05, 0.1) is 27.8 Å². The van der Waals surface area contributed by atoms with E-state index in [-0.39, 0.29) is 5.91 Å². The van der Waals surface area contributed by atoms with E-state index >= 15 is 0 Å². The molecule has 148 valence electrons. The topological polar surface area (TPSA) is 58.1 Å². The van der Waals surface area contributed by atoms with Crippen molar-refractivity contribution >= 4 is 34.4 Å². The molecule has 2 aromatic carbocycles. The van der Waals surface area contributed by atoms with Gasteiger partial charge in [-0.1, -0.05) is 23.7 Å². The highest BCUT2D eigenvalue weighted by Gasteiger charge is 2.25. The van der Waals surface area contributed by atoms with Crippen LogP contribution >= 0.6 is 11.6 Å². The Bertz CT molecular complexity index is 1070. The molecule has 1 aliphatic carbocycles. The molecule has 5 rings (SSSR count). The fourth-order valence-electron chi connectivity index (χ4n) is 3.83. The molecule has 0 atom stereocenters. The van der Waals surface area contributed by atoms with Crippen molar-refractivity contribution in [3.8, 4) is 11.1 Å². The van der Waals surface area contributed by atoms with E-state index in [1.807, 2.05) is 36.5 Å². The Kier molecular flexibility index (Phi) is 4.84. The number of rotatable bonds is 4. The number of carbonyl (C=O) groups excluding carboxylic acids is 1. The van der Waals surface area contributed by atoms with Crippen molar-refractivity contribution in [1.82, 2.24) is 15.3 Å². The Morgan fingerprint density at radius 2 is 1.76 bits per heavy atom. The van der Waals surface area contributed by atoms with Crippen molar-refractivity contribution < 1.29 is 4.79 Å². The van der Waals surface area contributed by atoms with Gasteiger partial charge in [-0.15, -0.1) is 0 Å². The molecule has 29 heavy (non-hydrogen) atoms.